The molecule has 0 bridgehead atoms. The fourth-order valence-electron chi connectivity index (χ4n) is 2.63. The third-order valence-corrected chi connectivity index (χ3v) is 4.22. The first-order chi connectivity index (χ1) is 9.00. The molecule has 1 aromatic rings. The summed E-state index contributed by atoms with van der Waals surface area (Å²) in [5, 5.41) is 6.81. The molecular weight excluding hydrogens is 260 g/mol. The van der Waals surface area contributed by atoms with Gasteiger partial charge >= 0.3 is 0 Å². The first-order valence-corrected chi connectivity index (χ1v) is 7.55. The molecule has 5 heteroatoms. The Kier molecular flexibility index (Phi) is 4.24. The van der Waals surface area contributed by atoms with Gasteiger partial charge in [-0.2, -0.15) is 11.3 Å². The van der Waals surface area contributed by atoms with Gasteiger partial charge in [0.2, 0.25) is 11.8 Å². The molecule has 4 nitrogen and oxygen atoms in total. The van der Waals surface area contributed by atoms with E-state index in [1.807, 2.05) is 26.2 Å². The second kappa shape index (κ2) is 5.74. The molecule has 2 rings (SSSR count). The van der Waals surface area contributed by atoms with Gasteiger partial charge in [0, 0.05) is 6.04 Å². The molecule has 2 unspecified atom stereocenters. The Bertz CT molecular complexity index is 456. The average molecular weight is 280 g/mol. The summed E-state index contributed by atoms with van der Waals surface area (Å²) in [7, 11) is 0. The maximum absolute atomic E-state index is 12.1. The van der Waals surface area contributed by atoms with E-state index in [9.17, 15) is 9.59 Å². The molecule has 0 spiro atoms. The number of carbonyl (C=O) groups is 2. The zero-order chi connectivity index (χ0) is 14.0. The van der Waals surface area contributed by atoms with Crippen molar-refractivity contribution in [3.8, 4) is 0 Å². The van der Waals surface area contributed by atoms with E-state index in [0.717, 1.165) is 6.42 Å². The van der Waals surface area contributed by atoms with Crippen LogP contribution in [-0.4, -0.2) is 35.3 Å². The lowest BCUT2D eigenvalue weighted by Gasteiger charge is -2.41. The van der Waals surface area contributed by atoms with Crippen LogP contribution in [0.5, 0.6) is 0 Å². The van der Waals surface area contributed by atoms with E-state index in [1.165, 1.54) is 5.56 Å². The topological polar surface area (TPSA) is 49.4 Å². The van der Waals surface area contributed by atoms with Gasteiger partial charge in [0.05, 0.1) is 6.54 Å². The van der Waals surface area contributed by atoms with Crippen molar-refractivity contribution in [2.24, 2.45) is 5.92 Å². The van der Waals surface area contributed by atoms with Gasteiger partial charge in [-0.1, -0.05) is 13.8 Å². The molecule has 1 aromatic heterocycles. The highest BCUT2D eigenvalue weighted by Crippen LogP contribution is 2.21. The molecule has 0 aliphatic carbocycles. The molecular formula is C14H20N2O2S. The van der Waals surface area contributed by atoms with Crippen LogP contribution in [0.2, 0.25) is 0 Å². The summed E-state index contributed by atoms with van der Waals surface area (Å²) in [6, 6.07) is 1.76. The zero-order valence-electron chi connectivity index (χ0n) is 11.6. The smallest absolute Gasteiger partial charge is 0.243 e. The molecule has 104 valence electrons. The summed E-state index contributed by atoms with van der Waals surface area (Å²) in [6.07, 6.45) is 0.797. The second-order valence-electron chi connectivity index (χ2n) is 5.39. The van der Waals surface area contributed by atoms with Crippen LogP contribution in [0, 0.1) is 5.92 Å². The summed E-state index contributed by atoms with van der Waals surface area (Å²) in [5.74, 6) is 0.0990. The Labute approximate surface area is 117 Å². The van der Waals surface area contributed by atoms with E-state index in [1.54, 1.807) is 16.2 Å². The number of nitrogens with zero attached hydrogens (tertiary/aromatic N) is 1. The summed E-state index contributed by atoms with van der Waals surface area (Å²) in [6.45, 7) is 6.10. The molecule has 1 fully saturated rings. The van der Waals surface area contributed by atoms with Crippen molar-refractivity contribution in [2.75, 3.05) is 6.54 Å². The van der Waals surface area contributed by atoms with Gasteiger partial charge in [0.1, 0.15) is 6.04 Å². The van der Waals surface area contributed by atoms with E-state index in [2.05, 4.69) is 16.8 Å². The third kappa shape index (κ3) is 2.97. The summed E-state index contributed by atoms with van der Waals surface area (Å²) in [5.41, 5.74) is 1.22. The average Bonchev–Trinajstić information content (AvgIpc) is 2.83. The highest BCUT2D eigenvalue weighted by Gasteiger charge is 2.38. The number of hydrogen-bond donors (Lipinski definition) is 1. The minimum atomic E-state index is -0.352. The van der Waals surface area contributed by atoms with Gasteiger partial charge in [-0.15, -0.1) is 0 Å². The van der Waals surface area contributed by atoms with Crippen LogP contribution in [0.25, 0.3) is 0 Å². The number of nitrogens with one attached hydrogen (secondary N) is 1. The molecule has 1 aliphatic rings. The molecule has 19 heavy (non-hydrogen) atoms. The molecule has 2 atom stereocenters. The molecule has 1 aliphatic heterocycles. The Morgan fingerprint density at radius 2 is 2.16 bits per heavy atom. The molecule has 1 saturated heterocycles. The van der Waals surface area contributed by atoms with Crippen molar-refractivity contribution < 1.29 is 9.59 Å². The Hall–Kier alpha value is -1.36. The first-order valence-electron chi connectivity index (χ1n) is 6.60. The standard InChI is InChI=1S/C14H20N2O2S/c1-9(2)13-14(18)15-7-12(17)16(13)10(3)6-11-4-5-19-8-11/h4-5,8-10,13H,6-7H2,1-3H3,(H,15,18). The predicted octanol–water partition coefficient (Wildman–Crippen LogP) is 1.66. The van der Waals surface area contributed by atoms with Crippen LogP contribution < -0.4 is 5.32 Å². The van der Waals surface area contributed by atoms with Crippen LogP contribution in [0.15, 0.2) is 16.8 Å². The van der Waals surface area contributed by atoms with Gasteiger partial charge in [0.25, 0.3) is 0 Å². The van der Waals surface area contributed by atoms with E-state index in [4.69, 9.17) is 0 Å². The van der Waals surface area contributed by atoms with Crippen LogP contribution in [-0.2, 0) is 16.0 Å². The first kappa shape index (κ1) is 14.1. The van der Waals surface area contributed by atoms with Gasteiger partial charge in [0.15, 0.2) is 0 Å². The predicted molar refractivity (Wildman–Crippen MR) is 76.0 cm³/mol. The van der Waals surface area contributed by atoms with Crippen molar-refractivity contribution in [3.05, 3.63) is 22.4 Å². The zero-order valence-corrected chi connectivity index (χ0v) is 12.4. The summed E-state index contributed by atoms with van der Waals surface area (Å²) in [4.78, 5) is 25.9. The van der Waals surface area contributed by atoms with Crippen molar-refractivity contribution in [1.82, 2.24) is 10.2 Å². The van der Waals surface area contributed by atoms with E-state index >= 15 is 0 Å². The molecule has 0 aromatic carbocycles. The number of hydrogen-bond acceptors (Lipinski definition) is 3. The maximum Gasteiger partial charge on any atom is 0.243 e. The summed E-state index contributed by atoms with van der Waals surface area (Å²) < 4.78 is 0. The van der Waals surface area contributed by atoms with E-state index < -0.39 is 0 Å². The van der Waals surface area contributed by atoms with Crippen LogP contribution in [0.3, 0.4) is 0 Å². The minimum Gasteiger partial charge on any atom is -0.345 e. The van der Waals surface area contributed by atoms with E-state index in [-0.39, 0.29) is 36.4 Å². The molecule has 0 radical (unpaired) electrons. The Balaban J connectivity index is 2.17. The molecule has 1 N–H and O–H groups in total. The lowest BCUT2D eigenvalue weighted by atomic mass is 9.96. The fraction of sp³-hybridized carbons (Fsp3) is 0.571. The van der Waals surface area contributed by atoms with Gasteiger partial charge in [-0.3, -0.25) is 9.59 Å². The molecule has 2 amide bonds. The van der Waals surface area contributed by atoms with Crippen LogP contribution in [0.4, 0.5) is 0 Å². The number of piperazine rings is 1. The SMILES string of the molecule is CC(C)C1C(=O)NCC(=O)N1C(C)Cc1ccsc1. The number of thiophene rings is 1. The molecule has 0 saturated carbocycles. The van der Waals surface area contributed by atoms with Crippen LogP contribution in [0.1, 0.15) is 26.3 Å². The summed E-state index contributed by atoms with van der Waals surface area (Å²) >= 11 is 1.65. The largest absolute Gasteiger partial charge is 0.345 e. The van der Waals surface area contributed by atoms with Gasteiger partial charge in [-0.25, -0.2) is 0 Å². The monoisotopic (exact) mass is 280 g/mol. The van der Waals surface area contributed by atoms with Crippen molar-refractivity contribution in [3.63, 3.8) is 0 Å². The lowest BCUT2D eigenvalue weighted by Crippen LogP contribution is -2.63. The molecule has 2 heterocycles. The number of rotatable bonds is 4. The van der Waals surface area contributed by atoms with Gasteiger partial charge in [-0.05, 0) is 41.7 Å². The third-order valence-electron chi connectivity index (χ3n) is 3.49. The Morgan fingerprint density at radius 1 is 1.42 bits per heavy atom. The van der Waals surface area contributed by atoms with Gasteiger partial charge < -0.3 is 10.2 Å². The quantitative estimate of drug-likeness (QED) is 0.912. The lowest BCUT2D eigenvalue weighted by molar-refractivity contribution is -0.149. The highest BCUT2D eigenvalue weighted by atomic mass is 32.1. The second-order valence-corrected chi connectivity index (χ2v) is 6.17. The normalized spacial score (nSPS) is 21.7. The fourth-order valence-corrected chi connectivity index (χ4v) is 3.31. The highest BCUT2D eigenvalue weighted by molar-refractivity contribution is 7.07. The number of carbonyl (C=O) groups excluding carboxylic acids is 2. The Morgan fingerprint density at radius 3 is 2.74 bits per heavy atom. The van der Waals surface area contributed by atoms with Crippen molar-refractivity contribution >= 4 is 23.2 Å². The van der Waals surface area contributed by atoms with Crippen LogP contribution >= 0.6 is 11.3 Å². The van der Waals surface area contributed by atoms with E-state index in [0.29, 0.717) is 0 Å². The minimum absolute atomic E-state index is 0.0148. The number of amides is 2. The van der Waals surface area contributed by atoms with Crippen molar-refractivity contribution in [1.29, 1.82) is 0 Å². The van der Waals surface area contributed by atoms with Crippen molar-refractivity contribution in [2.45, 2.75) is 39.3 Å². The maximum atomic E-state index is 12.1.